The van der Waals surface area contributed by atoms with E-state index in [2.05, 4.69) is 5.10 Å². The summed E-state index contributed by atoms with van der Waals surface area (Å²) in [4.78, 5) is 0. The highest BCUT2D eigenvalue weighted by molar-refractivity contribution is 5.28. The van der Waals surface area contributed by atoms with Gasteiger partial charge in [-0.1, -0.05) is 13.8 Å². The molecule has 2 rings (SSSR count). The zero-order valence-electron chi connectivity index (χ0n) is 8.34. The van der Waals surface area contributed by atoms with Crippen LogP contribution in [0.1, 0.15) is 49.8 Å². The van der Waals surface area contributed by atoms with Crippen molar-refractivity contribution in [3.63, 3.8) is 0 Å². The van der Waals surface area contributed by atoms with E-state index in [1.807, 2.05) is 13.8 Å². The van der Waals surface area contributed by atoms with E-state index < -0.39 is 0 Å². The number of rotatable bonds is 2. The number of nitrogens with zero attached hydrogens (tertiary/aromatic N) is 2. The lowest BCUT2D eigenvalue weighted by molar-refractivity contribution is 0.490. The molecule has 1 aliphatic rings. The largest absolute Gasteiger partial charge is 0.242 e. The third kappa shape index (κ3) is 1.36. The van der Waals surface area contributed by atoms with E-state index in [0.29, 0.717) is 5.92 Å². The first-order valence-electron chi connectivity index (χ1n) is 4.83. The van der Waals surface area contributed by atoms with Gasteiger partial charge in [0.2, 0.25) is 5.95 Å². The molecule has 0 saturated heterocycles. The Morgan fingerprint density at radius 2 is 2.08 bits per heavy atom. The average molecular weight is 182 g/mol. The fraction of sp³-hybridized carbons (Fsp3) is 0.700. The monoisotopic (exact) mass is 182 g/mol. The van der Waals surface area contributed by atoms with Gasteiger partial charge in [0.15, 0.2) is 0 Å². The van der Waals surface area contributed by atoms with Crippen LogP contribution in [0.25, 0.3) is 0 Å². The van der Waals surface area contributed by atoms with Crippen molar-refractivity contribution in [3.8, 4) is 0 Å². The van der Waals surface area contributed by atoms with Crippen LogP contribution in [0.4, 0.5) is 4.39 Å². The van der Waals surface area contributed by atoms with Crippen LogP contribution in [-0.4, -0.2) is 9.78 Å². The summed E-state index contributed by atoms with van der Waals surface area (Å²) >= 11 is 0. The minimum absolute atomic E-state index is 0.156. The van der Waals surface area contributed by atoms with E-state index in [9.17, 15) is 4.39 Å². The maximum absolute atomic E-state index is 13.6. The molecule has 0 radical (unpaired) electrons. The lowest BCUT2D eigenvalue weighted by Gasteiger charge is -2.03. The quantitative estimate of drug-likeness (QED) is 0.687. The molecule has 1 fully saturated rings. The number of aromatic nitrogens is 2. The highest BCUT2D eigenvalue weighted by Gasteiger charge is 2.32. The summed E-state index contributed by atoms with van der Waals surface area (Å²) in [6.07, 6.45) is 2.35. The Labute approximate surface area is 77.8 Å². The fourth-order valence-electron chi connectivity index (χ4n) is 1.73. The molecule has 0 aromatic carbocycles. The van der Waals surface area contributed by atoms with Crippen LogP contribution in [0.3, 0.4) is 0 Å². The second-order valence-electron chi connectivity index (χ2n) is 4.14. The molecule has 3 heteroatoms. The van der Waals surface area contributed by atoms with Gasteiger partial charge in [-0.15, -0.1) is 0 Å². The molecule has 0 unspecified atom stereocenters. The summed E-state index contributed by atoms with van der Waals surface area (Å²) < 4.78 is 14.9. The van der Waals surface area contributed by atoms with Crippen molar-refractivity contribution in [2.75, 3.05) is 0 Å². The molecule has 72 valence electrons. The predicted octanol–water partition coefficient (Wildman–Crippen LogP) is 2.56. The van der Waals surface area contributed by atoms with Crippen molar-refractivity contribution in [1.29, 1.82) is 0 Å². The van der Waals surface area contributed by atoms with Gasteiger partial charge in [-0.05, 0) is 18.8 Å². The molecule has 1 heterocycles. The highest BCUT2D eigenvalue weighted by Crippen LogP contribution is 2.43. The first-order valence-corrected chi connectivity index (χ1v) is 4.83. The van der Waals surface area contributed by atoms with Crippen molar-refractivity contribution in [2.24, 2.45) is 7.05 Å². The smallest absolute Gasteiger partial charge is 0.214 e. The second-order valence-corrected chi connectivity index (χ2v) is 4.14. The highest BCUT2D eigenvalue weighted by atomic mass is 19.1. The number of hydrogen-bond donors (Lipinski definition) is 0. The molecule has 1 aromatic heterocycles. The van der Waals surface area contributed by atoms with Crippen molar-refractivity contribution in [3.05, 3.63) is 17.2 Å². The third-order valence-corrected chi connectivity index (χ3v) is 2.58. The molecule has 0 amide bonds. The number of halogens is 1. The van der Waals surface area contributed by atoms with Crippen LogP contribution in [0, 0.1) is 5.95 Å². The van der Waals surface area contributed by atoms with E-state index >= 15 is 0 Å². The van der Waals surface area contributed by atoms with E-state index in [4.69, 9.17) is 0 Å². The molecule has 0 atom stereocenters. The predicted molar refractivity (Wildman–Crippen MR) is 49.2 cm³/mol. The Bertz CT molecular complexity index is 324. The molecule has 0 bridgehead atoms. The lowest BCUT2D eigenvalue weighted by Crippen LogP contribution is -1.96. The van der Waals surface area contributed by atoms with Crippen molar-refractivity contribution in [2.45, 2.75) is 38.5 Å². The van der Waals surface area contributed by atoms with Gasteiger partial charge < -0.3 is 0 Å². The molecule has 13 heavy (non-hydrogen) atoms. The summed E-state index contributed by atoms with van der Waals surface area (Å²) in [6.45, 7) is 4.04. The number of hydrogen-bond acceptors (Lipinski definition) is 1. The summed E-state index contributed by atoms with van der Waals surface area (Å²) in [7, 11) is 1.67. The molecular formula is C10H15FN2. The van der Waals surface area contributed by atoms with Gasteiger partial charge in [-0.3, -0.25) is 0 Å². The minimum atomic E-state index is -0.156. The minimum Gasteiger partial charge on any atom is -0.242 e. The van der Waals surface area contributed by atoms with Crippen LogP contribution < -0.4 is 0 Å². The standard InChI is InChI=1S/C10H15FN2/c1-6(2)8-9(7-4-5-7)12-13(3)10(8)11/h6-7H,4-5H2,1-3H3. The van der Waals surface area contributed by atoms with Crippen LogP contribution in [0.15, 0.2) is 0 Å². The lowest BCUT2D eigenvalue weighted by atomic mass is 10.0. The maximum Gasteiger partial charge on any atom is 0.214 e. The SMILES string of the molecule is CC(C)c1c(C2CC2)nn(C)c1F. The van der Waals surface area contributed by atoms with E-state index in [1.54, 1.807) is 7.05 Å². The Hall–Kier alpha value is -0.860. The first kappa shape index (κ1) is 8.73. The fourth-order valence-corrected chi connectivity index (χ4v) is 1.73. The van der Waals surface area contributed by atoms with E-state index in [-0.39, 0.29) is 11.9 Å². The average Bonchev–Trinajstić information content (AvgIpc) is 2.80. The molecule has 1 aromatic rings. The van der Waals surface area contributed by atoms with Gasteiger partial charge >= 0.3 is 0 Å². The summed E-state index contributed by atoms with van der Waals surface area (Å²) in [5.74, 6) is 0.620. The van der Waals surface area contributed by atoms with Gasteiger partial charge in [0, 0.05) is 18.5 Å². The normalized spacial score (nSPS) is 17.0. The van der Waals surface area contributed by atoms with Gasteiger partial charge in [0.1, 0.15) is 0 Å². The molecular weight excluding hydrogens is 167 g/mol. The Morgan fingerprint density at radius 3 is 2.54 bits per heavy atom. The van der Waals surface area contributed by atoms with Crippen LogP contribution >= 0.6 is 0 Å². The van der Waals surface area contributed by atoms with Crippen molar-refractivity contribution < 1.29 is 4.39 Å². The van der Waals surface area contributed by atoms with Gasteiger partial charge in [-0.2, -0.15) is 9.49 Å². The molecule has 2 nitrogen and oxygen atoms in total. The Balaban J connectivity index is 2.47. The van der Waals surface area contributed by atoms with Crippen LogP contribution in [-0.2, 0) is 7.05 Å². The molecule has 0 aliphatic heterocycles. The van der Waals surface area contributed by atoms with Crippen LogP contribution in [0.2, 0.25) is 0 Å². The topological polar surface area (TPSA) is 17.8 Å². The maximum atomic E-state index is 13.6. The molecule has 1 aliphatic carbocycles. The molecule has 1 saturated carbocycles. The van der Waals surface area contributed by atoms with E-state index in [0.717, 1.165) is 11.3 Å². The Morgan fingerprint density at radius 1 is 1.46 bits per heavy atom. The second kappa shape index (κ2) is 2.82. The van der Waals surface area contributed by atoms with E-state index in [1.165, 1.54) is 17.5 Å². The molecule has 0 N–H and O–H groups in total. The first-order chi connectivity index (χ1) is 6.11. The van der Waals surface area contributed by atoms with Crippen molar-refractivity contribution >= 4 is 0 Å². The molecule has 0 spiro atoms. The Kier molecular flexibility index (Phi) is 1.90. The van der Waals surface area contributed by atoms with Crippen LogP contribution in [0.5, 0.6) is 0 Å². The van der Waals surface area contributed by atoms with Gasteiger partial charge in [0.05, 0.1) is 5.69 Å². The van der Waals surface area contributed by atoms with Gasteiger partial charge in [0.25, 0.3) is 0 Å². The summed E-state index contributed by atoms with van der Waals surface area (Å²) in [6, 6.07) is 0. The van der Waals surface area contributed by atoms with Gasteiger partial charge in [-0.25, -0.2) is 4.68 Å². The van der Waals surface area contributed by atoms with Crippen molar-refractivity contribution in [1.82, 2.24) is 9.78 Å². The zero-order chi connectivity index (χ0) is 9.59. The number of aryl methyl sites for hydroxylation is 1. The zero-order valence-corrected chi connectivity index (χ0v) is 8.34. The summed E-state index contributed by atoms with van der Waals surface area (Å²) in [5.41, 5.74) is 1.82. The summed E-state index contributed by atoms with van der Waals surface area (Å²) in [5, 5.41) is 4.24. The third-order valence-electron chi connectivity index (χ3n) is 2.58.